The van der Waals surface area contributed by atoms with Crippen molar-refractivity contribution in [3.8, 4) is 5.75 Å². The molecule has 1 N–H and O–H groups in total. The quantitative estimate of drug-likeness (QED) is 0.904. The zero-order chi connectivity index (χ0) is 17.6. The fourth-order valence-electron chi connectivity index (χ4n) is 3.17. The van der Waals surface area contributed by atoms with Crippen molar-refractivity contribution in [1.82, 2.24) is 4.90 Å². The Balaban J connectivity index is 1.63. The normalized spacial score (nSPS) is 18.0. The Morgan fingerprint density at radius 3 is 2.60 bits per heavy atom. The summed E-state index contributed by atoms with van der Waals surface area (Å²) in [5, 5.41) is 10.7. The van der Waals surface area contributed by atoms with E-state index in [0.717, 1.165) is 29.7 Å². The number of carbonyl (C=O) groups is 1. The molecule has 1 heterocycles. The number of benzene rings is 2. The fourth-order valence-corrected chi connectivity index (χ4v) is 3.17. The van der Waals surface area contributed by atoms with Gasteiger partial charge in [-0.2, -0.15) is 0 Å². The highest BCUT2D eigenvalue weighted by molar-refractivity contribution is 5.68. The van der Waals surface area contributed by atoms with Crippen LogP contribution >= 0.6 is 0 Å². The average molecular weight is 341 g/mol. The van der Waals surface area contributed by atoms with E-state index < -0.39 is 6.10 Å². The van der Waals surface area contributed by atoms with Gasteiger partial charge < -0.3 is 19.5 Å². The number of nitrogens with zero attached hydrogens (tertiary/aromatic N) is 1. The third kappa shape index (κ3) is 4.12. The van der Waals surface area contributed by atoms with Gasteiger partial charge >= 0.3 is 6.09 Å². The lowest BCUT2D eigenvalue weighted by Gasteiger charge is -2.28. The minimum absolute atomic E-state index is 0.238. The second-order valence-electron chi connectivity index (χ2n) is 6.16. The third-order valence-electron chi connectivity index (χ3n) is 4.56. The van der Waals surface area contributed by atoms with Crippen molar-refractivity contribution in [3.63, 3.8) is 0 Å². The summed E-state index contributed by atoms with van der Waals surface area (Å²) in [5.74, 6) is 0.737. The summed E-state index contributed by atoms with van der Waals surface area (Å²) in [7, 11) is 1.60. The van der Waals surface area contributed by atoms with Crippen molar-refractivity contribution in [3.05, 3.63) is 65.7 Å². The van der Waals surface area contributed by atoms with Gasteiger partial charge in [0.05, 0.1) is 19.3 Å². The van der Waals surface area contributed by atoms with Crippen molar-refractivity contribution >= 4 is 6.09 Å². The first-order valence-corrected chi connectivity index (χ1v) is 8.48. The molecular weight excluding hydrogens is 318 g/mol. The molecule has 2 atom stereocenters. The number of ether oxygens (including phenoxy) is 2. The van der Waals surface area contributed by atoms with Crippen LogP contribution in [0.3, 0.4) is 0 Å². The van der Waals surface area contributed by atoms with E-state index in [2.05, 4.69) is 0 Å². The van der Waals surface area contributed by atoms with Crippen LogP contribution in [0.25, 0.3) is 0 Å². The van der Waals surface area contributed by atoms with Crippen LogP contribution in [-0.4, -0.2) is 35.8 Å². The molecule has 2 aromatic carbocycles. The summed E-state index contributed by atoms with van der Waals surface area (Å²) in [6, 6.07) is 16.6. The molecule has 0 aliphatic carbocycles. The third-order valence-corrected chi connectivity index (χ3v) is 4.56. The van der Waals surface area contributed by atoms with Gasteiger partial charge in [0.2, 0.25) is 0 Å². The van der Waals surface area contributed by atoms with Crippen LogP contribution in [-0.2, 0) is 11.3 Å². The molecule has 1 aliphatic rings. The summed E-state index contributed by atoms with van der Waals surface area (Å²) in [5.41, 5.74) is 1.72. The maximum atomic E-state index is 12.4. The maximum absolute atomic E-state index is 12.4. The summed E-state index contributed by atoms with van der Waals surface area (Å²) >= 11 is 0. The zero-order valence-electron chi connectivity index (χ0n) is 14.3. The summed E-state index contributed by atoms with van der Waals surface area (Å²) in [6.07, 6.45) is 0.503. The molecule has 132 valence electrons. The van der Waals surface area contributed by atoms with Gasteiger partial charge in [-0.15, -0.1) is 0 Å². The molecule has 0 bridgehead atoms. The van der Waals surface area contributed by atoms with Gasteiger partial charge in [-0.25, -0.2) is 4.79 Å². The van der Waals surface area contributed by atoms with E-state index in [0.29, 0.717) is 6.54 Å². The minimum atomic E-state index is -0.738. The molecule has 2 aromatic rings. The molecule has 0 radical (unpaired) electrons. The summed E-state index contributed by atoms with van der Waals surface area (Å²) in [4.78, 5) is 14.1. The number of aliphatic hydroxyl groups excluding tert-OH is 1. The van der Waals surface area contributed by atoms with Crippen LogP contribution in [0.5, 0.6) is 5.75 Å². The van der Waals surface area contributed by atoms with Crippen molar-refractivity contribution in [1.29, 1.82) is 0 Å². The minimum Gasteiger partial charge on any atom is -0.497 e. The zero-order valence-corrected chi connectivity index (χ0v) is 14.3. The Kier molecular flexibility index (Phi) is 5.56. The first-order valence-electron chi connectivity index (χ1n) is 8.48. The number of methoxy groups -OCH3 is 1. The van der Waals surface area contributed by atoms with E-state index in [1.807, 2.05) is 54.6 Å². The molecule has 0 saturated carbocycles. The van der Waals surface area contributed by atoms with E-state index >= 15 is 0 Å². The lowest BCUT2D eigenvalue weighted by Crippen LogP contribution is -2.39. The molecule has 1 fully saturated rings. The Hall–Kier alpha value is -2.53. The van der Waals surface area contributed by atoms with Crippen LogP contribution in [0.15, 0.2) is 54.6 Å². The van der Waals surface area contributed by atoms with Gasteiger partial charge in [-0.3, -0.25) is 0 Å². The number of likely N-dealkylation sites (tertiary alicyclic amines) is 1. The van der Waals surface area contributed by atoms with Crippen molar-refractivity contribution in [2.45, 2.75) is 31.6 Å². The Morgan fingerprint density at radius 1 is 1.20 bits per heavy atom. The number of aliphatic hydroxyl groups is 1. The Bertz CT molecular complexity index is 687. The lowest BCUT2D eigenvalue weighted by atomic mass is 10.0. The topological polar surface area (TPSA) is 59.0 Å². The SMILES string of the molecule is COc1ccc(C(O)C2CCCN2C(=O)OCc2ccccc2)cc1. The largest absolute Gasteiger partial charge is 0.497 e. The van der Waals surface area contributed by atoms with Crippen molar-refractivity contribution in [2.75, 3.05) is 13.7 Å². The van der Waals surface area contributed by atoms with Gasteiger partial charge in [0, 0.05) is 6.54 Å². The predicted molar refractivity (Wildman–Crippen MR) is 94.3 cm³/mol. The molecule has 0 aromatic heterocycles. The Morgan fingerprint density at radius 2 is 1.92 bits per heavy atom. The smallest absolute Gasteiger partial charge is 0.410 e. The standard InChI is InChI=1S/C20H23NO4/c1-24-17-11-9-16(10-12-17)19(22)18-8-5-13-21(18)20(23)25-14-15-6-3-2-4-7-15/h2-4,6-7,9-12,18-19,22H,5,8,13-14H2,1H3. The molecule has 1 aliphatic heterocycles. The second-order valence-corrected chi connectivity index (χ2v) is 6.16. The first-order chi connectivity index (χ1) is 12.2. The highest BCUT2D eigenvalue weighted by Crippen LogP contribution is 2.30. The molecule has 5 heteroatoms. The van der Waals surface area contributed by atoms with Crippen LogP contribution in [0.1, 0.15) is 30.1 Å². The fraction of sp³-hybridized carbons (Fsp3) is 0.350. The highest BCUT2D eigenvalue weighted by atomic mass is 16.6. The van der Waals surface area contributed by atoms with Crippen LogP contribution < -0.4 is 4.74 Å². The molecule has 3 rings (SSSR count). The molecule has 1 amide bonds. The predicted octanol–water partition coefficient (Wildman–Crippen LogP) is 3.53. The maximum Gasteiger partial charge on any atom is 0.410 e. The summed E-state index contributed by atoms with van der Waals surface area (Å²) < 4.78 is 10.6. The molecular formula is C20H23NO4. The molecule has 0 spiro atoms. The van der Waals surface area contributed by atoms with Crippen molar-refractivity contribution in [2.24, 2.45) is 0 Å². The first kappa shape index (κ1) is 17.3. The number of carbonyl (C=O) groups excluding carboxylic acids is 1. The lowest BCUT2D eigenvalue weighted by molar-refractivity contribution is 0.0478. The van der Waals surface area contributed by atoms with Gasteiger partial charge in [-0.1, -0.05) is 42.5 Å². The van der Waals surface area contributed by atoms with E-state index in [1.54, 1.807) is 12.0 Å². The second kappa shape index (κ2) is 8.03. The van der Waals surface area contributed by atoms with Gasteiger partial charge in [0.25, 0.3) is 0 Å². The van der Waals surface area contributed by atoms with Crippen molar-refractivity contribution < 1.29 is 19.4 Å². The molecule has 5 nitrogen and oxygen atoms in total. The summed E-state index contributed by atoms with van der Waals surface area (Å²) in [6.45, 7) is 0.840. The average Bonchev–Trinajstić information content (AvgIpc) is 3.16. The van der Waals surface area contributed by atoms with Crippen LogP contribution in [0, 0.1) is 0 Å². The van der Waals surface area contributed by atoms with E-state index in [1.165, 1.54) is 0 Å². The number of hydrogen-bond donors (Lipinski definition) is 1. The molecule has 1 saturated heterocycles. The van der Waals surface area contributed by atoms with E-state index in [-0.39, 0.29) is 18.7 Å². The van der Waals surface area contributed by atoms with Crippen LogP contribution in [0.2, 0.25) is 0 Å². The van der Waals surface area contributed by atoms with Crippen LogP contribution in [0.4, 0.5) is 4.79 Å². The monoisotopic (exact) mass is 341 g/mol. The van der Waals surface area contributed by atoms with Gasteiger partial charge in [0.1, 0.15) is 12.4 Å². The van der Waals surface area contributed by atoms with Gasteiger partial charge in [0.15, 0.2) is 0 Å². The Labute approximate surface area is 147 Å². The highest BCUT2D eigenvalue weighted by Gasteiger charge is 2.35. The van der Waals surface area contributed by atoms with E-state index in [4.69, 9.17) is 9.47 Å². The number of amides is 1. The molecule has 2 unspecified atom stereocenters. The number of rotatable bonds is 5. The number of hydrogen-bond acceptors (Lipinski definition) is 4. The molecule has 25 heavy (non-hydrogen) atoms. The van der Waals surface area contributed by atoms with Gasteiger partial charge in [-0.05, 0) is 36.1 Å². The van der Waals surface area contributed by atoms with E-state index in [9.17, 15) is 9.90 Å².